The van der Waals surface area contributed by atoms with Gasteiger partial charge in [-0.05, 0) is 63.6 Å². The molecule has 0 bridgehead atoms. The average molecular weight is 919 g/mol. The van der Waals surface area contributed by atoms with Crippen LogP contribution in [0.1, 0.15) is 59.4 Å². The lowest BCUT2D eigenvalue weighted by Crippen LogP contribution is -2.55. The van der Waals surface area contributed by atoms with Crippen molar-refractivity contribution in [1.82, 2.24) is 16.0 Å². The van der Waals surface area contributed by atoms with Gasteiger partial charge in [0.1, 0.15) is 30.9 Å². The second-order valence-electron chi connectivity index (χ2n) is 15.4. The van der Waals surface area contributed by atoms with E-state index in [0.29, 0.717) is 117 Å². The highest BCUT2D eigenvalue weighted by molar-refractivity contribution is 5.98. The molecule has 0 aliphatic carbocycles. The lowest BCUT2D eigenvalue weighted by Gasteiger charge is -2.25. The monoisotopic (exact) mass is 919 g/mol. The van der Waals surface area contributed by atoms with E-state index in [2.05, 4.69) is 21.3 Å². The maximum absolute atomic E-state index is 13.5. The van der Waals surface area contributed by atoms with Gasteiger partial charge in [-0.25, -0.2) is 9.59 Å². The number of carbonyl (C=O) groups excluding carboxylic acids is 4. The van der Waals surface area contributed by atoms with Crippen LogP contribution in [0.15, 0.2) is 24.3 Å². The fraction of sp³-hybridized carbons (Fsp3) is 0.744. The number of rotatable bonds is 40. The molecule has 0 unspecified atom stereocenters. The molecule has 1 aromatic carbocycles. The molecule has 0 aromatic heterocycles. The predicted molar refractivity (Wildman–Crippen MR) is 233 cm³/mol. The second-order valence-corrected chi connectivity index (χ2v) is 15.4. The number of nitrogens with one attached hydrogen (secondary N) is 4. The van der Waals surface area contributed by atoms with Gasteiger partial charge in [0.25, 0.3) is 0 Å². The molecule has 0 aliphatic heterocycles. The largest absolute Gasteiger partial charge is 0.480 e. The van der Waals surface area contributed by atoms with Gasteiger partial charge in [-0.1, -0.05) is 26.0 Å². The number of unbranched alkanes of at least 4 members (excludes halogenated alkanes) is 1. The summed E-state index contributed by atoms with van der Waals surface area (Å²) in [5.41, 5.74) is 0.531. The number of alkyl carbamates (subject to hydrolysis) is 1. The van der Waals surface area contributed by atoms with Gasteiger partial charge in [-0.15, -0.1) is 0 Å². The fourth-order valence-corrected chi connectivity index (χ4v) is 5.16. The van der Waals surface area contributed by atoms with Crippen molar-refractivity contribution in [3.63, 3.8) is 0 Å². The first kappa shape index (κ1) is 58.0. The van der Waals surface area contributed by atoms with Crippen molar-refractivity contribution in [2.75, 3.05) is 131 Å². The minimum atomic E-state index is -1.02. The van der Waals surface area contributed by atoms with Crippen molar-refractivity contribution >= 4 is 35.5 Å². The summed E-state index contributed by atoms with van der Waals surface area (Å²) in [7, 11) is 0. The molecule has 0 saturated heterocycles. The van der Waals surface area contributed by atoms with Gasteiger partial charge in [0, 0.05) is 12.2 Å². The van der Waals surface area contributed by atoms with E-state index in [1.54, 1.807) is 58.9 Å². The average Bonchev–Trinajstić information content (AvgIpc) is 3.24. The summed E-state index contributed by atoms with van der Waals surface area (Å²) in [4.78, 5) is 61.9. The van der Waals surface area contributed by atoms with E-state index in [-0.39, 0.29) is 52.0 Å². The van der Waals surface area contributed by atoms with Crippen LogP contribution in [0.3, 0.4) is 0 Å². The maximum atomic E-state index is 13.5. The highest BCUT2D eigenvalue weighted by Crippen LogP contribution is 2.13. The van der Waals surface area contributed by atoms with E-state index in [1.165, 1.54) is 0 Å². The molecule has 2 atom stereocenters. The highest BCUT2D eigenvalue weighted by atomic mass is 16.6. The third kappa shape index (κ3) is 33.5. The predicted octanol–water partition coefficient (Wildman–Crippen LogP) is 1.67. The molecule has 1 aromatic rings. The quantitative estimate of drug-likeness (QED) is 0.0512. The first-order valence-corrected chi connectivity index (χ1v) is 21.7. The number of benzene rings is 1. The Labute approximate surface area is 377 Å². The minimum Gasteiger partial charge on any atom is -0.480 e. The molecule has 0 spiro atoms. The number of carboxylic acid groups (broad SMARTS) is 1. The summed E-state index contributed by atoms with van der Waals surface area (Å²) in [6.45, 7) is 14.0. The summed E-state index contributed by atoms with van der Waals surface area (Å²) >= 11 is 0. The number of amides is 4. The van der Waals surface area contributed by atoms with Crippen LogP contribution >= 0.6 is 0 Å². The molecule has 0 radical (unpaired) electrons. The third-order valence-electron chi connectivity index (χ3n) is 8.33. The van der Waals surface area contributed by atoms with Crippen LogP contribution in [0.4, 0.5) is 10.5 Å². The molecule has 368 valence electrons. The van der Waals surface area contributed by atoms with Crippen LogP contribution in [-0.4, -0.2) is 183 Å². The van der Waals surface area contributed by atoms with Crippen LogP contribution in [-0.2, 0) is 73.2 Å². The Kier molecular flexibility index (Phi) is 33.7. The van der Waals surface area contributed by atoms with Gasteiger partial charge in [0.2, 0.25) is 17.7 Å². The molecule has 21 nitrogen and oxygen atoms in total. The van der Waals surface area contributed by atoms with E-state index in [0.717, 1.165) is 0 Å². The number of anilines is 1. The van der Waals surface area contributed by atoms with Gasteiger partial charge in [-0.2, -0.15) is 0 Å². The van der Waals surface area contributed by atoms with Crippen LogP contribution in [0.2, 0.25) is 0 Å². The normalized spacial score (nSPS) is 12.4. The van der Waals surface area contributed by atoms with Gasteiger partial charge < -0.3 is 78.8 Å². The van der Waals surface area contributed by atoms with Crippen molar-refractivity contribution in [1.29, 1.82) is 0 Å². The standard InChI is InChI=1S/C43H74N4O17/c1-33(2)39(41(53)46-36(8-6-7-13-44-42(54)64-43(3,4)5)40(52)45-35-11-9-34(30-48)10-12-35)47-37(49)31-62-28-26-60-24-22-58-20-18-56-16-14-55-15-17-57-19-21-59-23-25-61-27-29-63-32-38(50)51/h9-12,33,36,39,48H,6-8,13-32H2,1-5H3,(H,44,54)(H,45,52)(H,46,53)(H,47,49)(H,50,51)/t36-,39-/m0/s1. The fourth-order valence-electron chi connectivity index (χ4n) is 5.16. The maximum Gasteiger partial charge on any atom is 0.407 e. The Morgan fingerprint density at radius 1 is 0.594 bits per heavy atom. The van der Waals surface area contributed by atoms with Gasteiger partial charge in [0.05, 0.1) is 112 Å². The lowest BCUT2D eigenvalue weighted by atomic mass is 10.0. The lowest BCUT2D eigenvalue weighted by molar-refractivity contribution is -0.142. The molecule has 1 rings (SSSR count). The first-order chi connectivity index (χ1) is 30.7. The zero-order valence-corrected chi connectivity index (χ0v) is 38.3. The van der Waals surface area contributed by atoms with E-state index in [1.807, 2.05) is 0 Å². The van der Waals surface area contributed by atoms with Crippen LogP contribution in [0.5, 0.6) is 0 Å². The first-order valence-electron chi connectivity index (χ1n) is 21.7. The zero-order chi connectivity index (χ0) is 47.3. The summed E-state index contributed by atoms with van der Waals surface area (Å²) in [6.07, 6.45) is 0.720. The Bertz CT molecular complexity index is 1400. The summed E-state index contributed by atoms with van der Waals surface area (Å²) in [6, 6.07) is 4.76. The summed E-state index contributed by atoms with van der Waals surface area (Å²) in [5, 5.41) is 28.8. The third-order valence-corrected chi connectivity index (χ3v) is 8.33. The topological polar surface area (TPSA) is 266 Å². The zero-order valence-electron chi connectivity index (χ0n) is 38.3. The van der Waals surface area contributed by atoms with Gasteiger partial charge in [0.15, 0.2) is 0 Å². The van der Waals surface area contributed by atoms with Crippen molar-refractivity contribution < 1.29 is 81.6 Å². The molecule has 0 aliphatic rings. The van der Waals surface area contributed by atoms with Crippen LogP contribution in [0, 0.1) is 5.92 Å². The molecular formula is C43H74N4O17. The Hall–Kier alpha value is -4.03. The Morgan fingerprint density at radius 2 is 1.03 bits per heavy atom. The SMILES string of the molecule is CC(C)[C@H](NC(=O)COCCOCCOCCOCCOCCOCCOCCOCCOCC(=O)O)C(=O)N[C@@H](CCCCNC(=O)OC(C)(C)C)C(=O)Nc1ccc(CO)cc1. The second kappa shape index (κ2) is 37.2. The molecule has 0 saturated carbocycles. The Morgan fingerprint density at radius 3 is 1.44 bits per heavy atom. The molecule has 4 amide bonds. The number of aliphatic hydroxyl groups is 1. The number of hydrogen-bond acceptors (Lipinski definition) is 16. The van der Waals surface area contributed by atoms with Crippen molar-refractivity contribution in [3.8, 4) is 0 Å². The number of carboxylic acids is 1. The summed E-state index contributed by atoms with van der Waals surface area (Å²) < 4.78 is 53.5. The van der Waals surface area contributed by atoms with Gasteiger partial charge >= 0.3 is 12.1 Å². The molecular weight excluding hydrogens is 844 g/mol. The molecule has 6 N–H and O–H groups in total. The van der Waals surface area contributed by atoms with E-state index in [9.17, 15) is 29.1 Å². The van der Waals surface area contributed by atoms with Crippen molar-refractivity contribution in [3.05, 3.63) is 29.8 Å². The Balaban J connectivity index is 2.20. The molecule has 64 heavy (non-hydrogen) atoms. The highest BCUT2D eigenvalue weighted by Gasteiger charge is 2.29. The van der Waals surface area contributed by atoms with Crippen LogP contribution in [0.25, 0.3) is 0 Å². The van der Waals surface area contributed by atoms with Crippen molar-refractivity contribution in [2.24, 2.45) is 5.92 Å². The number of hydrogen-bond donors (Lipinski definition) is 6. The van der Waals surface area contributed by atoms with Crippen molar-refractivity contribution in [2.45, 2.75) is 78.2 Å². The smallest absolute Gasteiger partial charge is 0.407 e. The summed E-state index contributed by atoms with van der Waals surface area (Å²) in [5.74, 6) is -2.82. The van der Waals surface area contributed by atoms with E-state index < -0.39 is 47.5 Å². The number of ether oxygens (including phenoxy) is 10. The molecule has 21 heteroatoms. The van der Waals surface area contributed by atoms with E-state index >= 15 is 0 Å². The minimum absolute atomic E-state index is 0.143. The molecule has 0 heterocycles. The van der Waals surface area contributed by atoms with Gasteiger partial charge in [-0.3, -0.25) is 14.4 Å². The van der Waals surface area contributed by atoms with Crippen LogP contribution < -0.4 is 21.3 Å². The van der Waals surface area contributed by atoms with E-state index in [4.69, 9.17) is 52.5 Å². The number of carbonyl (C=O) groups is 5. The number of aliphatic hydroxyl groups excluding tert-OH is 1. The molecule has 0 fully saturated rings. The number of aliphatic carboxylic acids is 1.